The molecule has 11 heavy (non-hydrogen) atoms. The molecule has 0 atom stereocenters. The van der Waals surface area contributed by atoms with E-state index in [1.54, 1.807) is 0 Å². The van der Waals surface area contributed by atoms with E-state index in [-0.39, 0.29) is 0 Å². The van der Waals surface area contributed by atoms with Crippen LogP contribution in [0.1, 0.15) is 12.8 Å². The van der Waals surface area contributed by atoms with Gasteiger partial charge in [0.25, 0.3) is 0 Å². The maximum Gasteiger partial charge on any atom is 0.0414 e. The smallest absolute Gasteiger partial charge is 0.0414 e. The molecule has 0 saturated carbocycles. The van der Waals surface area contributed by atoms with Crippen LogP contribution in [-0.4, -0.2) is 48.9 Å². The summed E-state index contributed by atoms with van der Waals surface area (Å²) in [7, 11) is 4.34. The molecule has 0 aliphatic carbocycles. The molecule has 1 heterocycles. The predicted molar refractivity (Wildman–Crippen MR) is 52.1 cm³/mol. The molecule has 1 aliphatic heterocycles. The first-order valence-corrected chi connectivity index (χ1v) is 4.87. The molecule has 2 nitrogen and oxygen atoms in total. The number of nitrogens with zero attached hydrogens (tertiary/aromatic N) is 2. The molecule has 1 aliphatic rings. The zero-order valence-corrected chi connectivity index (χ0v) is 8.35. The van der Waals surface area contributed by atoms with Gasteiger partial charge in [0.2, 0.25) is 0 Å². The van der Waals surface area contributed by atoms with Crippen molar-refractivity contribution >= 4 is 12.6 Å². The minimum absolute atomic E-state index is 0.797. The van der Waals surface area contributed by atoms with E-state index in [9.17, 15) is 0 Å². The fraction of sp³-hybridized carbons (Fsp3) is 1.00. The first-order valence-electron chi connectivity index (χ1n) is 4.23. The van der Waals surface area contributed by atoms with Crippen molar-refractivity contribution in [3.8, 4) is 0 Å². The highest BCUT2D eigenvalue weighted by atomic mass is 32.1. The summed E-state index contributed by atoms with van der Waals surface area (Å²) < 4.78 is 0. The lowest BCUT2D eigenvalue weighted by Crippen LogP contribution is -2.41. The molecule has 0 spiro atoms. The van der Waals surface area contributed by atoms with Crippen LogP contribution in [-0.2, 0) is 0 Å². The molecule has 0 aromatic carbocycles. The largest absolute Gasteiger partial charge is 0.306 e. The second kappa shape index (κ2) is 4.33. The van der Waals surface area contributed by atoms with E-state index in [1.807, 2.05) is 0 Å². The van der Waals surface area contributed by atoms with Gasteiger partial charge >= 0.3 is 0 Å². The monoisotopic (exact) mass is 174 g/mol. The zero-order chi connectivity index (χ0) is 8.27. The van der Waals surface area contributed by atoms with Gasteiger partial charge in [-0.1, -0.05) is 0 Å². The van der Waals surface area contributed by atoms with Crippen molar-refractivity contribution in [2.45, 2.75) is 18.9 Å². The number of piperidine rings is 1. The predicted octanol–water partition coefficient (Wildman–Crippen LogP) is 0.900. The minimum Gasteiger partial charge on any atom is -0.306 e. The highest BCUT2D eigenvalue weighted by Gasteiger charge is 2.18. The Bertz CT molecular complexity index is 109. The van der Waals surface area contributed by atoms with Crippen LogP contribution in [0.5, 0.6) is 0 Å². The van der Waals surface area contributed by atoms with Crippen molar-refractivity contribution in [2.75, 3.05) is 33.1 Å². The summed E-state index contributed by atoms with van der Waals surface area (Å²) in [5, 5.41) is 0. The van der Waals surface area contributed by atoms with E-state index < -0.39 is 0 Å². The molecule has 1 rings (SSSR count). The number of likely N-dealkylation sites (tertiary alicyclic amines) is 1. The van der Waals surface area contributed by atoms with Gasteiger partial charge in [0.05, 0.1) is 0 Å². The Morgan fingerprint density at radius 1 is 1.36 bits per heavy atom. The summed E-state index contributed by atoms with van der Waals surface area (Å²) >= 11 is 4.26. The first-order chi connectivity index (χ1) is 5.24. The summed E-state index contributed by atoms with van der Waals surface area (Å²) in [6.07, 6.45) is 2.60. The van der Waals surface area contributed by atoms with Crippen LogP contribution in [0.25, 0.3) is 0 Å². The zero-order valence-electron chi connectivity index (χ0n) is 7.45. The van der Waals surface area contributed by atoms with E-state index in [4.69, 9.17) is 0 Å². The van der Waals surface area contributed by atoms with Crippen LogP contribution in [0.15, 0.2) is 0 Å². The molecule has 1 saturated heterocycles. The number of rotatable bonds is 2. The Kier molecular flexibility index (Phi) is 3.69. The second-order valence-electron chi connectivity index (χ2n) is 3.45. The molecule has 0 aromatic rings. The van der Waals surface area contributed by atoms with Crippen molar-refractivity contribution in [3.05, 3.63) is 0 Å². The Morgan fingerprint density at radius 3 is 2.27 bits per heavy atom. The molecule has 1 fully saturated rings. The maximum atomic E-state index is 4.26. The Morgan fingerprint density at radius 2 is 1.91 bits per heavy atom. The summed E-state index contributed by atoms with van der Waals surface area (Å²) in [5.41, 5.74) is 0. The molecule has 0 N–H and O–H groups in total. The van der Waals surface area contributed by atoms with Gasteiger partial charge in [-0.15, -0.1) is 0 Å². The van der Waals surface area contributed by atoms with E-state index >= 15 is 0 Å². The van der Waals surface area contributed by atoms with Crippen LogP contribution in [0.4, 0.5) is 0 Å². The highest BCUT2D eigenvalue weighted by molar-refractivity contribution is 7.80. The van der Waals surface area contributed by atoms with Gasteiger partial charge in [-0.25, -0.2) is 0 Å². The number of thiol groups is 1. The Hall–Kier alpha value is 0.270. The third-order valence-electron chi connectivity index (χ3n) is 2.49. The molecule has 0 aromatic heterocycles. The van der Waals surface area contributed by atoms with E-state index in [1.165, 1.54) is 25.9 Å². The van der Waals surface area contributed by atoms with Crippen molar-refractivity contribution in [3.63, 3.8) is 0 Å². The SMILES string of the molecule is CN(C)C1CCN(CS)CC1. The Labute approximate surface area is 75.0 Å². The fourth-order valence-corrected chi connectivity index (χ4v) is 1.86. The average Bonchev–Trinajstić information content (AvgIpc) is 2.05. The molecule has 0 amide bonds. The fourth-order valence-electron chi connectivity index (χ4n) is 1.58. The summed E-state index contributed by atoms with van der Waals surface area (Å²) in [6.45, 7) is 2.43. The molecule has 66 valence electrons. The quantitative estimate of drug-likeness (QED) is 0.621. The van der Waals surface area contributed by atoms with Crippen LogP contribution in [0.3, 0.4) is 0 Å². The third-order valence-corrected chi connectivity index (χ3v) is 2.89. The minimum atomic E-state index is 0.797. The standard InChI is InChI=1S/C8H18N2S/c1-9(2)8-3-5-10(7-11)6-4-8/h8,11H,3-7H2,1-2H3. The lowest BCUT2D eigenvalue weighted by atomic mass is 10.1. The lowest BCUT2D eigenvalue weighted by Gasteiger charge is -2.34. The normalized spacial score (nSPS) is 22.9. The highest BCUT2D eigenvalue weighted by Crippen LogP contribution is 2.13. The molecule has 0 unspecified atom stereocenters. The number of hydrogen-bond donors (Lipinski definition) is 1. The summed E-state index contributed by atoms with van der Waals surface area (Å²) in [5.74, 6) is 0.917. The molecular formula is C8H18N2S. The van der Waals surface area contributed by atoms with Gasteiger partial charge in [0.15, 0.2) is 0 Å². The molecule has 0 bridgehead atoms. The summed E-state index contributed by atoms with van der Waals surface area (Å²) in [6, 6.07) is 0.797. The first kappa shape index (κ1) is 9.36. The van der Waals surface area contributed by atoms with Gasteiger partial charge in [0, 0.05) is 25.0 Å². The van der Waals surface area contributed by atoms with Crippen molar-refractivity contribution in [1.82, 2.24) is 9.80 Å². The van der Waals surface area contributed by atoms with Crippen molar-refractivity contribution in [1.29, 1.82) is 0 Å². The van der Waals surface area contributed by atoms with E-state index in [0.717, 1.165) is 11.9 Å². The second-order valence-corrected chi connectivity index (χ2v) is 3.74. The van der Waals surface area contributed by atoms with Gasteiger partial charge in [-0.3, -0.25) is 4.90 Å². The van der Waals surface area contributed by atoms with Gasteiger partial charge < -0.3 is 4.90 Å². The Balaban J connectivity index is 2.24. The summed E-state index contributed by atoms with van der Waals surface area (Å²) in [4.78, 5) is 4.72. The van der Waals surface area contributed by atoms with Crippen LogP contribution < -0.4 is 0 Å². The van der Waals surface area contributed by atoms with Crippen molar-refractivity contribution < 1.29 is 0 Å². The topological polar surface area (TPSA) is 6.48 Å². The van der Waals surface area contributed by atoms with Gasteiger partial charge in [-0.2, -0.15) is 12.6 Å². The number of hydrogen-bond acceptors (Lipinski definition) is 3. The van der Waals surface area contributed by atoms with E-state index in [0.29, 0.717) is 0 Å². The maximum absolute atomic E-state index is 4.26. The van der Waals surface area contributed by atoms with Crippen LogP contribution in [0, 0.1) is 0 Å². The molecule has 3 heteroatoms. The average molecular weight is 174 g/mol. The third kappa shape index (κ3) is 2.65. The lowest BCUT2D eigenvalue weighted by molar-refractivity contribution is 0.162. The van der Waals surface area contributed by atoms with Crippen LogP contribution >= 0.6 is 12.6 Å². The van der Waals surface area contributed by atoms with Crippen LogP contribution in [0.2, 0.25) is 0 Å². The van der Waals surface area contributed by atoms with Crippen molar-refractivity contribution in [2.24, 2.45) is 0 Å². The van der Waals surface area contributed by atoms with Gasteiger partial charge in [0.1, 0.15) is 0 Å². The van der Waals surface area contributed by atoms with E-state index in [2.05, 4.69) is 36.5 Å². The molecular weight excluding hydrogens is 156 g/mol. The van der Waals surface area contributed by atoms with Gasteiger partial charge in [-0.05, 0) is 26.9 Å². The molecule has 0 radical (unpaired) electrons.